The van der Waals surface area contributed by atoms with Crippen LogP contribution in [0.5, 0.6) is 0 Å². The lowest BCUT2D eigenvalue weighted by molar-refractivity contribution is -0.143. The number of amides is 3. The van der Waals surface area contributed by atoms with Crippen molar-refractivity contribution in [3.8, 4) is 0 Å². The van der Waals surface area contributed by atoms with Gasteiger partial charge in [-0.1, -0.05) is 48.5 Å². The highest BCUT2D eigenvalue weighted by Gasteiger charge is 2.71. The molecule has 8 heteroatoms. The van der Waals surface area contributed by atoms with E-state index in [9.17, 15) is 14.4 Å². The number of rotatable bonds is 8. The van der Waals surface area contributed by atoms with Gasteiger partial charge in [-0.05, 0) is 36.5 Å². The van der Waals surface area contributed by atoms with E-state index in [0.29, 0.717) is 25.3 Å². The molecule has 1 spiro atoms. The Bertz CT molecular complexity index is 1110. The van der Waals surface area contributed by atoms with Crippen LogP contribution in [0.25, 0.3) is 0 Å². The first kappa shape index (κ1) is 23.4. The van der Waals surface area contributed by atoms with Crippen LogP contribution in [0.4, 0.5) is 5.69 Å². The maximum Gasteiger partial charge on any atom is 0.252 e. The maximum atomic E-state index is 14.1. The first-order valence-electron chi connectivity index (χ1n) is 11.7. The van der Waals surface area contributed by atoms with Crippen LogP contribution in [0, 0.1) is 11.8 Å². The number of para-hydroxylation sites is 1. The number of alkyl halides is 1. The van der Waals surface area contributed by atoms with Gasteiger partial charge in [-0.2, -0.15) is 11.8 Å². The number of imide groups is 1. The van der Waals surface area contributed by atoms with Crippen LogP contribution in [0.15, 0.2) is 54.6 Å². The van der Waals surface area contributed by atoms with Gasteiger partial charge >= 0.3 is 0 Å². The molecule has 0 aromatic heterocycles. The Hall–Kier alpha value is -2.35. The van der Waals surface area contributed by atoms with E-state index in [1.54, 1.807) is 16.7 Å². The average molecular weight is 498 g/mol. The Morgan fingerprint density at radius 3 is 2.47 bits per heavy atom. The van der Waals surface area contributed by atoms with Crippen molar-refractivity contribution >= 4 is 46.8 Å². The molecule has 3 amide bonds. The molecule has 1 N–H and O–H groups in total. The maximum absolute atomic E-state index is 14.1. The first-order chi connectivity index (χ1) is 16.5. The monoisotopic (exact) mass is 497 g/mol. The normalized spacial score (nSPS) is 27.7. The second-order valence-corrected chi connectivity index (χ2v) is 10.5. The van der Waals surface area contributed by atoms with Gasteiger partial charge in [0.1, 0.15) is 5.54 Å². The molecular weight excluding hydrogens is 470 g/mol. The molecule has 5 rings (SSSR count). The lowest BCUT2D eigenvalue weighted by Gasteiger charge is -2.30. The van der Waals surface area contributed by atoms with E-state index in [0.717, 1.165) is 22.6 Å². The fourth-order valence-electron chi connectivity index (χ4n) is 5.86. The lowest BCUT2D eigenvalue weighted by atomic mass is 9.76. The van der Waals surface area contributed by atoms with Gasteiger partial charge in [0.05, 0.1) is 18.4 Å². The molecule has 3 aliphatic rings. The van der Waals surface area contributed by atoms with Gasteiger partial charge in [0.2, 0.25) is 11.8 Å². The summed E-state index contributed by atoms with van der Waals surface area (Å²) in [7, 11) is 0. The van der Waals surface area contributed by atoms with E-state index in [-0.39, 0.29) is 30.3 Å². The summed E-state index contributed by atoms with van der Waals surface area (Å²) in [5.74, 6) is -0.638. The van der Waals surface area contributed by atoms with Crippen molar-refractivity contribution in [2.24, 2.45) is 11.8 Å². The summed E-state index contributed by atoms with van der Waals surface area (Å²) in [6.07, 6.45) is 3.38. The van der Waals surface area contributed by atoms with Crippen LogP contribution in [-0.2, 0) is 26.5 Å². The summed E-state index contributed by atoms with van der Waals surface area (Å²) >= 11 is 7.65. The molecule has 2 saturated heterocycles. The first-order valence-corrected chi connectivity index (χ1v) is 13.6. The Labute approximate surface area is 209 Å². The number of hydrogen-bond acceptors (Lipinski definition) is 5. The third kappa shape index (κ3) is 3.48. The third-order valence-corrected chi connectivity index (χ3v) is 8.20. The summed E-state index contributed by atoms with van der Waals surface area (Å²) in [4.78, 5) is 44.9. The topological polar surface area (TPSA) is 69.7 Å². The van der Waals surface area contributed by atoms with Gasteiger partial charge in [-0.25, -0.2) is 0 Å². The highest BCUT2D eigenvalue weighted by molar-refractivity contribution is 7.98. The molecule has 0 radical (unpaired) electrons. The van der Waals surface area contributed by atoms with Crippen molar-refractivity contribution in [1.29, 1.82) is 0 Å². The summed E-state index contributed by atoms with van der Waals surface area (Å²) in [6, 6.07) is 16.9. The molecule has 2 aromatic rings. The second-order valence-electron chi connectivity index (χ2n) is 9.11. The molecule has 34 heavy (non-hydrogen) atoms. The van der Waals surface area contributed by atoms with Crippen molar-refractivity contribution in [3.63, 3.8) is 0 Å². The molecule has 3 heterocycles. The molecule has 2 aromatic carbocycles. The molecule has 0 aliphatic carbocycles. The van der Waals surface area contributed by atoms with Crippen molar-refractivity contribution in [3.05, 3.63) is 65.7 Å². The SMILES string of the molecule is CSCC[C@@H]1N[C@]2(C(=O)N(CCCCl)c3ccccc32)[C@@H]2C(=O)N(Cc3ccccc3)C(=O)[C@H]12. The van der Waals surface area contributed by atoms with E-state index < -0.39 is 17.4 Å². The van der Waals surface area contributed by atoms with Gasteiger partial charge < -0.3 is 4.90 Å². The largest absolute Gasteiger partial charge is 0.310 e. The molecule has 4 atom stereocenters. The number of carbonyl (C=O) groups excluding carboxylic acids is 3. The van der Waals surface area contributed by atoms with Crippen molar-refractivity contribution in [2.45, 2.75) is 31.0 Å². The fraction of sp³-hybridized carbons (Fsp3) is 0.423. The van der Waals surface area contributed by atoms with Gasteiger partial charge in [0.15, 0.2) is 0 Å². The van der Waals surface area contributed by atoms with Crippen molar-refractivity contribution in [1.82, 2.24) is 10.2 Å². The summed E-state index contributed by atoms with van der Waals surface area (Å²) in [6.45, 7) is 0.703. The number of anilines is 1. The highest BCUT2D eigenvalue weighted by Crippen LogP contribution is 2.55. The molecule has 3 aliphatic heterocycles. The van der Waals surface area contributed by atoms with Gasteiger partial charge in [-0.15, -0.1) is 11.6 Å². The van der Waals surface area contributed by atoms with Crippen LogP contribution in [0.1, 0.15) is 24.0 Å². The number of benzene rings is 2. The molecule has 0 unspecified atom stereocenters. The van der Waals surface area contributed by atoms with Crippen LogP contribution in [-0.4, -0.2) is 53.1 Å². The third-order valence-electron chi connectivity index (χ3n) is 7.29. The fourth-order valence-corrected chi connectivity index (χ4v) is 6.47. The number of likely N-dealkylation sites (tertiary alicyclic amines) is 1. The molecular formula is C26H28ClN3O3S. The zero-order valence-corrected chi connectivity index (χ0v) is 20.6. The minimum absolute atomic E-state index is 0.150. The number of fused-ring (bicyclic) bond motifs is 4. The van der Waals surface area contributed by atoms with Gasteiger partial charge in [-0.3, -0.25) is 24.6 Å². The predicted octanol–water partition coefficient (Wildman–Crippen LogP) is 3.38. The van der Waals surface area contributed by atoms with Crippen molar-refractivity contribution in [2.75, 3.05) is 29.3 Å². The van der Waals surface area contributed by atoms with Crippen LogP contribution < -0.4 is 10.2 Å². The molecule has 178 valence electrons. The number of nitrogens with zero attached hydrogens (tertiary/aromatic N) is 2. The zero-order valence-electron chi connectivity index (χ0n) is 19.1. The number of carbonyl (C=O) groups is 3. The Balaban J connectivity index is 1.59. The quantitative estimate of drug-likeness (QED) is 0.447. The molecule has 0 bridgehead atoms. The number of hydrogen-bond donors (Lipinski definition) is 1. The minimum atomic E-state index is -1.23. The molecule has 6 nitrogen and oxygen atoms in total. The van der Waals surface area contributed by atoms with Crippen LogP contribution >= 0.6 is 23.4 Å². The van der Waals surface area contributed by atoms with E-state index in [2.05, 4.69) is 5.32 Å². The van der Waals surface area contributed by atoms with Crippen LogP contribution in [0.3, 0.4) is 0 Å². The average Bonchev–Trinajstić information content (AvgIpc) is 3.41. The molecule has 0 saturated carbocycles. The van der Waals surface area contributed by atoms with E-state index in [1.165, 1.54) is 4.90 Å². The highest BCUT2D eigenvalue weighted by atomic mass is 35.5. The standard InChI is InChI=1S/C26H28ClN3O3S/c1-34-15-12-19-21-22(24(32)30(23(21)31)16-17-8-3-2-4-9-17)26(28-19)18-10-5-6-11-20(18)29(25(26)33)14-7-13-27/h2-6,8-11,19,21-22,28H,7,12-16H2,1H3/t19-,21+,22-,26-/m0/s1. The van der Waals surface area contributed by atoms with Crippen molar-refractivity contribution < 1.29 is 14.4 Å². The van der Waals surface area contributed by atoms with Gasteiger partial charge in [0.25, 0.3) is 5.91 Å². The molecule has 2 fully saturated rings. The summed E-state index contributed by atoms with van der Waals surface area (Å²) < 4.78 is 0. The minimum Gasteiger partial charge on any atom is -0.310 e. The van der Waals surface area contributed by atoms with E-state index >= 15 is 0 Å². The Morgan fingerprint density at radius 2 is 1.74 bits per heavy atom. The van der Waals surface area contributed by atoms with E-state index in [4.69, 9.17) is 11.6 Å². The predicted molar refractivity (Wildman–Crippen MR) is 135 cm³/mol. The zero-order chi connectivity index (χ0) is 23.9. The Kier molecular flexibility index (Phi) is 6.44. The van der Waals surface area contributed by atoms with Gasteiger partial charge in [0, 0.05) is 29.7 Å². The van der Waals surface area contributed by atoms with E-state index in [1.807, 2.05) is 60.9 Å². The number of thioether (sulfide) groups is 1. The van der Waals surface area contributed by atoms with Crippen LogP contribution in [0.2, 0.25) is 0 Å². The summed E-state index contributed by atoms with van der Waals surface area (Å²) in [5.41, 5.74) is 1.26. The second kappa shape index (κ2) is 9.36. The number of halogens is 1. The summed E-state index contributed by atoms with van der Waals surface area (Å²) in [5, 5.41) is 3.55. The number of nitrogens with one attached hydrogen (secondary N) is 1. The lowest BCUT2D eigenvalue weighted by Crippen LogP contribution is -2.55. The smallest absolute Gasteiger partial charge is 0.252 e. The Morgan fingerprint density at radius 1 is 1.00 bits per heavy atom.